The third-order valence-corrected chi connectivity index (χ3v) is 3.56. The lowest BCUT2D eigenvalue weighted by molar-refractivity contribution is -0.119. The Hall–Kier alpha value is -1.14. The monoisotopic (exact) mass is 330 g/mol. The number of carbonyl (C=O) groups is 2. The molecule has 98 valence electrons. The van der Waals surface area contributed by atoms with Crippen molar-refractivity contribution in [1.82, 2.24) is 10.6 Å². The molecule has 6 heteroatoms. The van der Waals surface area contributed by atoms with Crippen LogP contribution in [0.4, 0.5) is 0 Å². The highest BCUT2D eigenvalue weighted by molar-refractivity contribution is 9.11. The number of halogens is 1. The molecule has 1 rings (SSSR count). The van der Waals surface area contributed by atoms with E-state index in [1.165, 1.54) is 13.0 Å². The topological polar surface area (TPSA) is 58.2 Å². The normalized spacial score (nSPS) is 10.6. The minimum absolute atomic E-state index is 0.0516. The van der Waals surface area contributed by atoms with E-state index in [4.69, 9.17) is 0 Å². The molecule has 0 unspecified atom stereocenters. The van der Waals surface area contributed by atoms with Gasteiger partial charge in [-0.2, -0.15) is 0 Å². The highest BCUT2D eigenvalue weighted by Crippen LogP contribution is 2.21. The van der Waals surface area contributed by atoms with Gasteiger partial charge in [0.1, 0.15) is 0 Å². The minimum Gasteiger partial charge on any atom is -0.356 e. The summed E-state index contributed by atoms with van der Waals surface area (Å²) in [6.45, 7) is 2.61. The van der Waals surface area contributed by atoms with E-state index in [1.807, 2.05) is 11.4 Å². The largest absolute Gasteiger partial charge is 0.356 e. The lowest BCUT2D eigenvalue weighted by Gasteiger charge is -2.02. The fourth-order valence-electron chi connectivity index (χ4n) is 1.21. The van der Waals surface area contributed by atoms with Crippen molar-refractivity contribution in [2.75, 3.05) is 13.1 Å². The van der Waals surface area contributed by atoms with Gasteiger partial charge in [-0.05, 0) is 45.4 Å². The molecule has 1 aromatic rings. The predicted molar refractivity (Wildman–Crippen MR) is 77.4 cm³/mol. The average Bonchev–Trinajstić information content (AvgIpc) is 2.71. The van der Waals surface area contributed by atoms with Crippen molar-refractivity contribution in [3.05, 3.63) is 26.9 Å². The van der Waals surface area contributed by atoms with Gasteiger partial charge in [-0.3, -0.25) is 9.59 Å². The van der Waals surface area contributed by atoms with Crippen molar-refractivity contribution in [3.8, 4) is 0 Å². The van der Waals surface area contributed by atoms with Crippen molar-refractivity contribution >= 4 is 45.2 Å². The summed E-state index contributed by atoms with van der Waals surface area (Å²) in [5.74, 6) is -0.176. The van der Waals surface area contributed by atoms with Crippen LogP contribution in [0, 0.1) is 0 Å². The van der Waals surface area contributed by atoms with Gasteiger partial charge in [-0.25, -0.2) is 0 Å². The van der Waals surface area contributed by atoms with Crippen LogP contribution in [0.5, 0.6) is 0 Å². The average molecular weight is 331 g/mol. The van der Waals surface area contributed by atoms with Crippen LogP contribution in [0.25, 0.3) is 6.08 Å². The Morgan fingerprint density at radius 2 is 2.11 bits per heavy atom. The highest BCUT2D eigenvalue weighted by Gasteiger charge is 1.97. The summed E-state index contributed by atoms with van der Waals surface area (Å²) in [5.41, 5.74) is 1.00. The summed E-state index contributed by atoms with van der Waals surface area (Å²) in [6.07, 6.45) is 4.00. The minimum atomic E-state index is -0.125. The van der Waals surface area contributed by atoms with E-state index in [0.29, 0.717) is 13.1 Å². The predicted octanol–water partition coefficient (Wildman–Crippen LogP) is 2.17. The van der Waals surface area contributed by atoms with E-state index < -0.39 is 0 Å². The van der Waals surface area contributed by atoms with Crippen molar-refractivity contribution in [2.24, 2.45) is 0 Å². The molecule has 0 bridgehead atoms. The number of carbonyl (C=O) groups excluding carboxylic acids is 2. The number of rotatable bonds is 6. The van der Waals surface area contributed by atoms with Crippen LogP contribution < -0.4 is 10.6 Å². The lowest BCUT2D eigenvalue weighted by Crippen LogP contribution is -2.27. The zero-order valence-electron chi connectivity index (χ0n) is 10.0. The molecule has 0 spiro atoms. The highest BCUT2D eigenvalue weighted by atomic mass is 79.9. The third-order valence-electron chi connectivity index (χ3n) is 2.04. The van der Waals surface area contributed by atoms with Gasteiger partial charge < -0.3 is 10.6 Å². The maximum atomic E-state index is 11.4. The summed E-state index contributed by atoms with van der Waals surface area (Å²) < 4.78 is 1.04. The standard InChI is InChI=1S/C12H15BrN2O2S/c1-9(16)14-5-2-6-15-12(17)4-3-10-7-11(13)18-8-10/h3-4,7-8H,2,5-6H2,1H3,(H,14,16)(H,15,17). The fraction of sp³-hybridized carbons (Fsp3) is 0.333. The summed E-state index contributed by atoms with van der Waals surface area (Å²) in [6, 6.07) is 1.95. The van der Waals surface area contributed by atoms with Crippen LogP contribution in [0.3, 0.4) is 0 Å². The second-order valence-electron chi connectivity index (χ2n) is 3.65. The van der Waals surface area contributed by atoms with Crippen molar-refractivity contribution in [3.63, 3.8) is 0 Å². The van der Waals surface area contributed by atoms with Crippen LogP contribution in [0.15, 0.2) is 21.3 Å². The first-order valence-electron chi connectivity index (χ1n) is 5.52. The molecule has 0 saturated carbocycles. The SMILES string of the molecule is CC(=O)NCCCNC(=O)C=Cc1csc(Br)c1. The Balaban J connectivity index is 2.17. The van der Waals surface area contributed by atoms with E-state index >= 15 is 0 Å². The number of nitrogens with one attached hydrogen (secondary N) is 2. The molecule has 18 heavy (non-hydrogen) atoms. The Morgan fingerprint density at radius 1 is 1.39 bits per heavy atom. The summed E-state index contributed by atoms with van der Waals surface area (Å²) >= 11 is 4.94. The van der Waals surface area contributed by atoms with Crippen molar-refractivity contribution in [2.45, 2.75) is 13.3 Å². The first kappa shape index (κ1) is 14.9. The van der Waals surface area contributed by atoms with E-state index in [1.54, 1.807) is 17.4 Å². The summed E-state index contributed by atoms with van der Waals surface area (Å²) in [7, 11) is 0. The second kappa shape index (κ2) is 8.05. The van der Waals surface area contributed by atoms with Gasteiger partial charge in [0.15, 0.2) is 0 Å². The van der Waals surface area contributed by atoms with Crippen LogP contribution in [0.2, 0.25) is 0 Å². The zero-order valence-corrected chi connectivity index (χ0v) is 12.4. The third kappa shape index (κ3) is 6.56. The number of thiophene rings is 1. The molecule has 0 saturated heterocycles. The molecular formula is C12H15BrN2O2S. The maximum absolute atomic E-state index is 11.4. The van der Waals surface area contributed by atoms with Crippen LogP contribution in [-0.2, 0) is 9.59 Å². The molecule has 0 aliphatic rings. The Morgan fingerprint density at radius 3 is 2.72 bits per heavy atom. The van der Waals surface area contributed by atoms with Crippen LogP contribution in [-0.4, -0.2) is 24.9 Å². The molecule has 1 aromatic heterocycles. The van der Waals surface area contributed by atoms with Crippen molar-refractivity contribution in [1.29, 1.82) is 0 Å². The molecule has 2 N–H and O–H groups in total. The van der Waals surface area contributed by atoms with Gasteiger partial charge in [0.2, 0.25) is 11.8 Å². The van der Waals surface area contributed by atoms with Crippen LogP contribution in [0.1, 0.15) is 18.9 Å². The first-order chi connectivity index (χ1) is 8.58. The first-order valence-corrected chi connectivity index (χ1v) is 7.19. The lowest BCUT2D eigenvalue weighted by atomic mass is 10.3. The molecule has 0 aliphatic carbocycles. The molecule has 0 aromatic carbocycles. The number of amides is 2. The quantitative estimate of drug-likeness (QED) is 0.620. The van der Waals surface area contributed by atoms with Gasteiger partial charge >= 0.3 is 0 Å². The van der Waals surface area contributed by atoms with Gasteiger partial charge in [0, 0.05) is 26.1 Å². The van der Waals surface area contributed by atoms with Gasteiger partial charge in [0.25, 0.3) is 0 Å². The summed E-state index contributed by atoms with van der Waals surface area (Å²) in [4.78, 5) is 22.0. The van der Waals surface area contributed by atoms with Gasteiger partial charge in [0.05, 0.1) is 3.79 Å². The molecule has 2 amide bonds. The molecule has 0 atom stereocenters. The Labute approximate surface area is 119 Å². The van der Waals surface area contributed by atoms with E-state index in [-0.39, 0.29) is 11.8 Å². The molecule has 0 aliphatic heterocycles. The Bertz CT molecular complexity index is 443. The fourth-order valence-corrected chi connectivity index (χ4v) is 2.35. The van der Waals surface area contributed by atoms with E-state index in [2.05, 4.69) is 26.6 Å². The van der Waals surface area contributed by atoms with Gasteiger partial charge in [-0.1, -0.05) is 0 Å². The van der Waals surface area contributed by atoms with Crippen molar-refractivity contribution < 1.29 is 9.59 Å². The number of hydrogen-bond acceptors (Lipinski definition) is 3. The van der Waals surface area contributed by atoms with Crippen LogP contribution >= 0.6 is 27.3 Å². The second-order valence-corrected chi connectivity index (χ2v) is 5.94. The van der Waals surface area contributed by atoms with Gasteiger partial charge in [-0.15, -0.1) is 11.3 Å². The molecule has 4 nitrogen and oxygen atoms in total. The summed E-state index contributed by atoms with van der Waals surface area (Å²) in [5, 5.41) is 7.38. The Kier molecular flexibility index (Phi) is 6.67. The van der Waals surface area contributed by atoms with E-state index in [0.717, 1.165) is 15.8 Å². The molecular weight excluding hydrogens is 316 g/mol. The molecule has 0 radical (unpaired) electrons. The smallest absolute Gasteiger partial charge is 0.244 e. The van der Waals surface area contributed by atoms with E-state index in [9.17, 15) is 9.59 Å². The molecule has 0 fully saturated rings. The maximum Gasteiger partial charge on any atom is 0.244 e. The zero-order chi connectivity index (χ0) is 13.4. The number of hydrogen-bond donors (Lipinski definition) is 2. The molecule has 1 heterocycles.